The Bertz CT molecular complexity index is 845. The highest BCUT2D eigenvalue weighted by Gasteiger charge is 2.32. The zero-order valence-electron chi connectivity index (χ0n) is 16.2. The highest BCUT2D eigenvalue weighted by atomic mass is 79.9. The number of hydrogen-bond donors (Lipinski definition) is 0. The zero-order chi connectivity index (χ0) is 20.2. The average Bonchev–Trinajstić information content (AvgIpc) is 2.79. The number of piperazine rings is 1. The Morgan fingerprint density at radius 1 is 0.897 bits per heavy atom. The molecule has 7 nitrogen and oxygen atoms in total. The summed E-state index contributed by atoms with van der Waals surface area (Å²) >= 11 is 3.39. The molecule has 0 atom stereocenters. The first-order valence-electron chi connectivity index (χ1n) is 9.96. The number of piperidine rings is 1. The number of likely N-dealkylation sites (tertiary alicyclic amines) is 1. The number of halogens is 1. The number of amides is 2. The summed E-state index contributed by atoms with van der Waals surface area (Å²) in [5.41, 5.74) is 0.693. The van der Waals surface area contributed by atoms with Crippen molar-refractivity contribution in [2.75, 3.05) is 44.2 Å². The molecule has 29 heavy (non-hydrogen) atoms. The topological polar surface area (TPSA) is 69.6 Å². The first-order valence-corrected chi connectivity index (χ1v) is 10.8. The van der Waals surface area contributed by atoms with E-state index < -0.39 is 0 Å². The lowest BCUT2D eigenvalue weighted by molar-refractivity contribution is -0.137. The van der Waals surface area contributed by atoms with Crippen LogP contribution in [0.2, 0.25) is 0 Å². The maximum atomic E-state index is 13.0. The smallest absolute Gasteiger partial charge is 0.253 e. The Balaban J connectivity index is 1.27. The molecule has 3 heterocycles. The molecule has 0 bridgehead atoms. The molecule has 8 heteroatoms. The highest BCUT2D eigenvalue weighted by Crippen LogP contribution is 2.23. The van der Waals surface area contributed by atoms with Gasteiger partial charge >= 0.3 is 0 Å². The first kappa shape index (κ1) is 19.8. The molecule has 1 aromatic heterocycles. The number of carbonyl (C=O) groups is 2. The third-order valence-electron chi connectivity index (χ3n) is 5.69. The number of hydrogen-bond acceptors (Lipinski definition) is 5. The van der Waals surface area contributed by atoms with Crippen molar-refractivity contribution in [1.29, 1.82) is 0 Å². The van der Waals surface area contributed by atoms with Crippen LogP contribution in [0.25, 0.3) is 0 Å². The molecule has 0 radical (unpaired) electrons. The maximum absolute atomic E-state index is 13.0. The second kappa shape index (κ2) is 8.90. The summed E-state index contributed by atoms with van der Waals surface area (Å²) in [4.78, 5) is 40.0. The summed E-state index contributed by atoms with van der Waals surface area (Å²) < 4.78 is 0.956. The van der Waals surface area contributed by atoms with E-state index in [9.17, 15) is 9.59 Å². The van der Waals surface area contributed by atoms with Gasteiger partial charge in [0.2, 0.25) is 5.91 Å². The molecule has 2 aliphatic rings. The van der Waals surface area contributed by atoms with Gasteiger partial charge in [0.15, 0.2) is 0 Å². The predicted octanol–water partition coefficient (Wildman–Crippen LogP) is 2.44. The van der Waals surface area contributed by atoms with Crippen molar-refractivity contribution in [3.63, 3.8) is 0 Å². The van der Waals surface area contributed by atoms with E-state index in [0.717, 1.165) is 36.2 Å². The van der Waals surface area contributed by atoms with Crippen LogP contribution in [0.4, 0.5) is 5.82 Å². The Morgan fingerprint density at radius 2 is 1.59 bits per heavy atom. The molecular weight excluding hydrogens is 434 g/mol. The first-order chi connectivity index (χ1) is 14.1. The Hall–Kier alpha value is -2.48. The second-order valence-corrected chi connectivity index (χ2v) is 8.36. The quantitative estimate of drug-likeness (QED) is 0.707. The number of nitrogens with zero attached hydrogens (tertiary/aromatic N) is 5. The maximum Gasteiger partial charge on any atom is 0.253 e. The van der Waals surface area contributed by atoms with Gasteiger partial charge in [0, 0.05) is 67.6 Å². The third-order valence-corrected chi connectivity index (χ3v) is 6.22. The van der Waals surface area contributed by atoms with E-state index in [1.54, 1.807) is 18.6 Å². The predicted molar refractivity (Wildman–Crippen MR) is 114 cm³/mol. The van der Waals surface area contributed by atoms with E-state index in [1.807, 2.05) is 34.1 Å². The second-order valence-electron chi connectivity index (χ2n) is 7.45. The van der Waals surface area contributed by atoms with E-state index in [4.69, 9.17) is 0 Å². The van der Waals surface area contributed by atoms with Crippen molar-refractivity contribution < 1.29 is 9.59 Å². The molecule has 4 rings (SSSR count). The van der Waals surface area contributed by atoms with Crippen LogP contribution in [0.1, 0.15) is 23.2 Å². The summed E-state index contributed by atoms with van der Waals surface area (Å²) in [5, 5.41) is 0. The van der Waals surface area contributed by atoms with Crippen LogP contribution in [0.3, 0.4) is 0 Å². The monoisotopic (exact) mass is 457 g/mol. The lowest BCUT2D eigenvalue weighted by Gasteiger charge is -2.38. The summed E-state index contributed by atoms with van der Waals surface area (Å²) in [6.07, 6.45) is 6.57. The fraction of sp³-hybridized carbons (Fsp3) is 0.429. The van der Waals surface area contributed by atoms with Gasteiger partial charge in [-0.1, -0.05) is 15.9 Å². The number of rotatable bonds is 3. The fourth-order valence-electron chi connectivity index (χ4n) is 3.97. The van der Waals surface area contributed by atoms with Crippen LogP contribution < -0.4 is 4.90 Å². The van der Waals surface area contributed by atoms with Gasteiger partial charge in [-0.05, 0) is 37.1 Å². The third kappa shape index (κ3) is 4.58. The molecule has 0 aliphatic carbocycles. The van der Waals surface area contributed by atoms with Crippen molar-refractivity contribution in [3.8, 4) is 0 Å². The molecule has 2 aromatic rings. The van der Waals surface area contributed by atoms with Crippen molar-refractivity contribution in [2.45, 2.75) is 12.8 Å². The van der Waals surface area contributed by atoms with Crippen LogP contribution in [0.15, 0.2) is 47.3 Å². The van der Waals surface area contributed by atoms with Gasteiger partial charge in [0.25, 0.3) is 5.91 Å². The lowest BCUT2D eigenvalue weighted by atomic mass is 9.94. The minimum atomic E-state index is 0.00651. The molecular formula is C21H24BrN5O2. The van der Waals surface area contributed by atoms with Crippen molar-refractivity contribution in [3.05, 3.63) is 52.9 Å². The van der Waals surface area contributed by atoms with Gasteiger partial charge in [-0.3, -0.25) is 14.6 Å². The van der Waals surface area contributed by atoms with Gasteiger partial charge in [0.05, 0.1) is 6.20 Å². The van der Waals surface area contributed by atoms with Crippen LogP contribution in [-0.2, 0) is 4.79 Å². The van der Waals surface area contributed by atoms with Gasteiger partial charge in [0.1, 0.15) is 5.82 Å². The average molecular weight is 458 g/mol. The van der Waals surface area contributed by atoms with E-state index in [-0.39, 0.29) is 17.7 Å². The molecule has 1 aromatic carbocycles. The minimum absolute atomic E-state index is 0.00651. The molecule has 0 saturated carbocycles. The number of aromatic nitrogens is 2. The largest absolute Gasteiger partial charge is 0.352 e. The Morgan fingerprint density at radius 3 is 2.21 bits per heavy atom. The van der Waals surface area contributed by atoms with E-state index in [0.29, 0.717) is 31.7 Å². The Labute approximate surface area is 178 Å². The molecule has 2 aliphatic heterocycles. The minimum Gasteiger partial charge on any atom is -0.352 e. The highest BCUT2D eigenvalue weighted by molar-refractivity contribution is 9.10. The van der Waals surface area contributed by atoms with Crippen LogP contribution in [0.5, 0.6) is 0 Å². The van der Waals surface area contributed by atoms with Crippen LogP contribution in [0, 0.1) is 5.92 Å². The van der Waals surface area contributed by atoms with E-state index in [2.05, 4.69) is 30.8 Å². The zero-order valence-corrected chi connectivity index (χ0v) is 17.8. The summed E-state index contributed by atoms with van der Waals surface area (Å²) in [7, 11) is 0. The van der Waals surface area contributed by atoms with Gasteiger partial charge in [-0.15, -0.1) is 0 Å². The summed E-state index contributed by atoms with van der Waals surface area (Å²) in [6, 6.07) is 7.43. The fourth-order valence-corrected chi connectivity index (χ4v) is 4.24. The molecule has 2 saturated heterocycles. The SMILES string of the molecule is O=C(c1ccc(Br)cc1)N1CCC(C(=O)N2CCN(c3cnccn3)CC2)CC1. The lowest BCUT2D eigenvalue weighted by Crippen LogP contribution is -2.52. The number of benzene rings is 1. The molecule has 152 valence electrons. The summed E-state index contributed by atoms with van der Waals surface area (Å²) in [6.45, 7) is 4.20. The molecule has 0 spiro atoms. The molecule has 0 N–H and O–H groups in total. The number of carbonyl (C=O) groups excluding carboxylic acids is 2. The van der Waals surface area contributed by atoms with Crippen molar-refractivity contribution >= 4 is 33.6 Å². The Kier molecular flexibility index (Phi) is 6.08. The summed E-state index contributed by atoms with van der Waals surface area (Å²) in [5.74, 6) is 1.13. The standard InChI is InChI=1S/C21H24BrN5O2/c22-18-3-1-16(2-4-18)20(28)26-9-5-17(6-10-26)21(29)27-13-11-25(12-14-27)19-15-23-7-8-24-19/h1-4,7-8,15,17H,5-6,9-14H2. The van der Waals surface area contributed by atoms with Crippen molar-refractivity contribution in [1.82, 2.24) is 19.8 Å². The molecule has 2 fully saturated rings. The van der Waals surface area contributed by atoms with Gasteiger partial charge < -0.3 is 14.7 Å². The van der Waals surface area contributed by atoms with E-state index in [1.165, 1.54) is 0 Å². The van der Waals surface area contributed by atoms with Crippen LogP contribution in [-0.4, -0.2) is 70.9 Å². The van der Waals surface area contributed by atoms with Gasteiger partial charge in [-0.2, -0.15) is 0 Å². The van der Waals surface area contributed by atoms with Gasteiger partial charge in [-0.25, -0.2) is 4.98 Å². The molecule has 0 unspecified atom stereocenters. The van der Waals surface area contributed by atoms with Crippen LogP contribution >= 0.6 is 15.9 Å². The number of anilines is 1. The normalized spacial score (nSPS) is 18.0. The van der Waals surface area contributed by atoms with Crippen molar-refractivity contribution in [2.24, 2.45) is 5.92 Å². The van der Waals surface area contributed by atoms with E-state index >= 15 is 0 Å². The molecule has 2 amide bonds.